The average molecular weight is 348 g/mol. The molecule has 0 radical (unpaired) electrons. The molecule has 1 aromatic rings. The van der Waals surface area contributed by atoms with Gasteiger partial charge in [-0.3, -0.25) is 14.9 Å². The first-order chi connectivity index (χ1) is 12.1. The van der Waals surface area contributed by atoms with E-state index in [1.165, 1.54) is 6.20 Å². The molecule has 1 aliphatic heterocycles. The maximum atomic E-state index is 11.9. The minimum Gasteiger partial charge on any atom is -0.361 e. The first kappa shape index (κ1) is 17.4. The Bertz CT molecular complexity index is 634. The summed E-state index contributed by atoms with van der Waals surface area (Å²) in [5.41, 5.74) is -0.104. The summed E-state index contributed by atoms with van der Waals surface area (Å²) in [4.78, 5) is 32.7. The molecule has 9 nitrogen and oxygen atoms in total. The third kappa shape index (κ3) is 5.01. The average Bonchev–Trinajstić information content (AvgIpc) is 3.41. The predicted octanol–water partition coefficient (Wildman–Crippen LogP) is 2.16. The number of likely N-dealkylation sites (tertiary alicyclic amines) is 1. The fourth-order valence-corrected chi connectivity index (χ4v) is 2.87. The Morgan fingerprint density at radius 3 is 2.92 bits per heavy atom. The number of nitro groups is 1. The van der Waals surface area contributed by atoms with Crippen molar-refractivity contribution in [2.24, 2.45) is 0 Å². The number of carbonyl (C=O) groups excluding carboxylic acids is 1. The first-order valence-electron chi connectivity index (χ1n) is 8.93. The summed E-state index contributed by atoms with van der Waals surface area (Å²) >= 11 is 0. The molecule has 1 aromatic heterocycles. The molecule has 2 N–H and O–H groups in total. The van der Waals surface area contributed by atoms with Gasteiger partial charge < -0.3 is 15.5 Å². The molecule has 0 bridgehead atoms. The SMILES string of the molecule is O=C1CCCCCN1CCCNc1ncc([N+](=O)[O-])c(NC2CC2)n1. The normalized spacial score (nSPS) is 17.9. The van der Waals surface area contributed by atoms with Crippen molar-refractivity contribution >= 4 is 23.4 Å². The van der Waals surface area contributed by atoms with E-state index >= 15 is 0 Å². The second-order valence-corrected chi connectivity index (χ2v) is 6.57. The number of rotatable bonds is 8. The number of anilines is 2. The standard InChI is InChI=1S/C16H24N6O3/c23-14-5-2-1-3-9-21(14)10-4-8-17-16-18-11-13(22(24)25)15(20-16)19-12-6-7-12/h11-12H,1-10H2,(H2,17,18,19,20). The van der Waals surface area contributed by atoms with Gasteiger partial charge in [-0.25, -0.2) is 4.98 Å². The van der Waals surface area contributed by atoms with Gasteiger partial charge in [0.15, 0.2) is 0 Å². The van der Waals surface area contributed by atoms with Crippen LogP contribution in [0.4, 0.5) is 17.5 Å². The number of aromatic nitrogens is 2. The molecule has 1 amide bonds. The molecular weight excluding hydrogens is 324 g/mol. The van der Waals surface area contributed by atoms with Crippen LogP contribution in [-0.2, 0) is 4.79 Å². The van der Waals surface area contributed by atoms with Crippen LogP contribution in [0.5, 0.6) is 0 Å². The zero-order chi connectivity index (χ0) is 17.6. The molecule has 0 atom stereocenters. The molecule has 0 unspecified atom stereocenters. The maximum Gasteiger partial charge on any atom is 0.329 e. The molecule has 25 heavy (non-hydrogen) atoms. The lowest BCUT2D eigenvalue weighted by Gasteiger charge is -2.20. The van der Waals surface area contributed by atoms with Crippen molar-refractivity contribution in [3.8, 4) is 0 Å². The van der Waals surface area contributed by atoms with E-state index < -0.39 is 4.92 Å². The molecule has 1 saturated carbocycles. The van der Waals surface area contributed by atoms with E-state index in [9.17, 15) is 14.9 Å². The van der Waals surface area contributed by atoms with Crippen LogP contribution in [0.15, 0.2) is 6.20 Å². The largest absolute Gasteiger partial charge is 0.361 e. The summed E-state index contributed by atoms with van der Waals surface area (Å²) in [7, 11) is 0. The second kappa shape index (κ2) is 8.09. The zero-order valence-corrected chi connectivity index (χ0v) is 14.2. The van der Waals surface area contributed by atoms with Crippen LogP contribution in [0.1, 0.15) is 44.9 Å². The molecule has 9 heteroatoms. The van der Waals surface area contributed by atoms with Crippen LogP contribution in [0.3, 0.4) is 0 Å². The summed E-state index contributed by atoms with van der Waals surface area (Å²) in [5.74, 6) is 0.878. The number of carbonyl (C=O) groups is 1. The number of hydrogen-bond acceptors (Lipinski definition) is 7. The van der Waals surface area contributed by atoms with Crippen LogP contribution < -0.4 is 10.6 Å². The van der Waals surface area contributed by atoms with E-state index in [0.717, 1.165) is 45.1 Å². The van der Waals surface area contributed by atoms with Crippen molar-refractivity contribution < 1.29 is 9.72 Å². The monoisotopic (exact) mass is 348 g/mol. The van der Waals surface area contributed by atoms with Gasteiger partial charge in [0.1, 0.15) is 6.20 Å². The maximum absolute atomic E-state index is 11.9. The van der Waals surface area contributed by atoms with Crippen LogP contribution in [0.25, 0.3) is 0 Å². The molecule has 0 aromatic carbocycles. The van der Waals surface area contributed by atoms with Crippen LogP contribution in [-0.4, -0.2) is 51.4 Å². The lowest BCUT2D eigenvalue weighted by molar-refractivity contribution is -0.384. The Labute approximate surface area is 146 Å². The summed E-state index contributed by atoms with van der Waals surface area (Å²) in [5, 5.41) is 17.2. The van der Waals surface area contributed by atoms with Crippen molar-refractivity contribution in [3.05, 3.63) is 16.3 Å². The molecule has 0 spiro atoms. The van der Waals surface area contributed by atoms with Gasteiger partial charge in [-0.2, -0.15) is 4.98 Å². The summed E-state index contributed by atoms with van der Waals surface area (Å²) in [6, 6.07) is 0.274. The Balaban J connectivity index is 1.50. The molecule has 1 aliphatic carbocycles. The molecule has 2 heterocycles. The van der Waals surface area contributed by atoms with E-state index in [4.69, 9.17) is 0 Å². The topological polar surface area (TPSA) is 113 Å². The zero-order valence-electron chi connectivity index (χ0n) is 14.2. The van der Waals surface area contributed by atoms with E-state index in [1.807, 2.05) is 4.90 Å². The van der Waals surface area contributed by atoms with Gasteiger partial charge in [-0.05, 0) is 32.1 Å². The Hall–Kier alpha value is -2.45. The van der Waals surface area contributed by atoms with Crippen LogP contribution in [0, 0.1) is 10.1 Å². The lowest BCUT2D eigenvalue weighted by atomic mass is 10.2. The van der Waals surface area contributed by atoms with Gasteiger partial charge >= 0.3 is 5.69 Å². The highest BCUT2D eigenvalue weighted by Gasteiger charge is 2.26. The Morgan fingerprint density at radius 2 is 2.16 bits per heavy atom. The number of hydrogen-bond donors (Lipinski definition) is 2. The summed E-state index contributed by atoms with van der Waals surface area (Å²) in [6.45, 7) is 2.17. The molecule has 136 valence electrons. The molecular formula is C16H24N6O3. The molecule has 1 saturated heterocycles. The van der Waals surface area contributed by atoms with E-state index in [0.29, 0.717) is 25.5 Å². The quantitative estimate of drug-likeness (QED) is 0.420. The highest BCUT2D eigenvalue weighted by atomic mass is 16.6. The second-order valence-electron chi connectivity index (χ2n) is 6.57. The van der Waals surface area contributed by atoms with E-state index in [1.54, 1.807) is 0 Å². The fourth-order valence-electron chi connectivity index (χ4n) is 2.87. The lowest BCUT2D eigenvalue weighted by Crippen LogP contribution is -2.32. The summed E-state index contributed by atoms with van der Waals surface area (Å²) in [6.07, 6.45) is 7.86. The van der Waals surface area contributed by atoms with Crippen LogP contribution >= 0.6 is 0 Å². The van der Waals surface area contributed by atoms with Crippen LogP contribution in [0.2, 0.25) is 0 Å². The van der Waals surface area contributed by atoms with Gasteiger partial charge in [0, 0.05) is 32.1 Å². The first-order valence-corrected chi connectivity index (χ1v) is 8.93. The number of nitrogens with zero attached hydrogens (tertiary/aromatic N) is 4. The molecule has 2 fully saturated rings. The minimum absolute atomic E-state index is 0.104. The smallest absolute Gasteiger partial charge is 0.329 e. The van der Waals surface area contributed by atoms with Crippen molar-refractivity contribution in [3.63, 3.8) is 0 Å². The van der Waals surface area contributed by atoms with Crippen molar-refractivity contribution in [2.45, 2.75) is 51.0 Å². The van der Waals surface area contributed by atoms with Gasteiger partial charge in [-0.15, -0.1) is 0 Å². The van der Waals surface area contributed by atoms with Gasteiger partial charge in [-0.1, -0.05) is 6.42 Å². The van der Waals surface area contributed by atoms with Gasteiger partial charge in [0.25, 0.3) is 0 Å². The molecule has 3 rings (SSSR count). The fraction of sp³-hybridized carbons (Fsp3) is 0.688. The Morgan fingerprint density at radius 1 is 1.32 bits per heavy atom. The predicted molar refractivity (Wildman–Crippen MR) is 93.5 cm³/mol. The number of nitrogens with one attached hydrogen (secondary N) is 2. The van der Waals surface area contributed by atoms with Crippen molar-refractivity contribution in [2.75, 3.05) is 30.3 Å². The third-order valence-electron chi connectivity index (χ3n) is 4.44. The van der Waals surface area contributed by atoms with E-state index in [-0.39, 0.29) is 23.5 Å². The highest BCUT2D eigenvalue weighted by Crippen LogP contribution is 2.29. The third-order valence-corrected chi connectivity index (χ3v) is 4.44. The Kier molecular flexibility index (Phi) is 5.62. The highest BCUT2D eigenvalue weighted by molar-refractivity contribution is 5.76. The summed E-state index contributed by atoms with van der Waals surface area (Å²) < 4.78 is 0. The van der Waals surface area contributed by atoms with Crippen molar-refractivity contribution in [1.29, 1.82) is 0 Å². The van der Waals surface area contributed by atoms with Gasteiger partial charge in [0.05, 0.1) is 4.92 Å². The minimum atomic E-state index is -0.473. The number of amides is 1. The molecule has 2 aliphatic rings. The van der Waals surface area contributed by atoms with Crippen molar-refractivity contribution in [1.82, 2.24) is 14.9 Å². The van der Waals surface area contributed by atoms with Gasteiger partial charge in [0.2, 0.25) is 17.7 Å². The van der Waals surface area contributed by atoms with E-state index in [2.05, 4.69) is 20.6 Å².